The maximum Gasteiger partial charge on any atom is 0.244 e. The number of nitrogens with zero attached hydrogens (tertiary/aromatic N) is 2. The second kappa shape index (κ2) is 8.30. The van der Waals surface area contributed by atoms with Crippen LogP contribution in [0.3, 0.4) is 0 Å². The van der Waals surface area contributed by atoms with Gasteiger partial charge in [0.25, 0.3) is 0 Å². The van der Waals surface area contributed by atoms with E-state index in [1.54, 1.807) is 0 Å². The molecule has 122 valence electrons. The van der Waals surface area contributed by atoms with Crippen LogP contribution < -0.4 is 5.73 Å². The number of hydrogen-bond donors (Lipinski definition) is 1. The van der Waals surface area contributed by atoms with Crippen LogP contribution in [0.25, 0.3) is 0 Å². The van der Waals surface area contributed by atoms with Gasteiger partial charge < -0.3 is 15.5 Å². The summed E-state index contributed by atoms with van der Waals surface area (Å²) >= 11 is 0. The summed E-state index contributed by atoms with van der Waals surface area (Å²) in [5, 5.41) is 0. The Balaban J connectivity index is 1.85. The number of amides is 1. The van der Waals surface area contributed by atoms with Crippen LogP contribution in [0.4, 0.5) is 0 Å². The smallest absolute Gasteiger partial charge is 0.244 e. The number of hydrogen-bond acceptors (Lipinski definition) is 3. The van der Waals surface area contributed by atoms with E-state index in [0.29, 0.717) is 5.92 Å². The fourth-order valence-corrected chi connectivity index (χ4v) is 3.18. The summed E-state index contributed by atoms with van der Waals surface area (Å²) in [6.45, 7) is 9.46. The van der Waals surface area contributed by atoms with Gasteiger partial charge in [-0.1, -0.05) is 44.2 Å². The van der Waals surface area contributed by atoms with Crippen molar-refractivity contribution < 1.29 is 4.79 Å². The minimum absolute atomic E-state index is 0.0625. The molecule has 1 aliphatic rings. The van der Waals surface area contributed by atoms with Gasteiger partial charge in [-0.3, -0.25) is 4.79 Å². The van der Waals surface area contributed by atoms with Crippen molar-refractivity contribution >= 4 is 5.91 Å². The van der Waals surface area contributed by atoms with E-state index >= 15 is 0 Å². The first-order chi connectivity index (χ1) is 10.7. The van der Waals surface area contributed by atoms with Crippen LogP contribution in [0.2, 0.25) is 0 Å². The summed E-state index contributed by atoms with van der Waals surface area (Å²) in [7, 11) is 0. The molecule has 4 nitrogen and oxygen atoms in total. The first-order valence-electron chi connectivity index (χ1n) is 8.47. The van der Waals surface area contributed by atoms with Crippen molar-refractivity contribution in [3.63, 3.8) is 0 Å². The van der Waals surface area contributed by atoms with Crippen LogP contribution in [0, 0.1) is 5.92 Å². The van der Waals surface area contributed by atoms with E-state index < -0.39 is 6.04 Å². The Morgan fingerprint density at radius 2 is 1.82 bits per heavy atom. The van der Waals surface area contributed by atoms with Crippen LogP contribution >= 0.6 is 0 Å². The highest BCUT2D eigenvalue weighted by atomic mass is 16.2. The van der Waals surface area contributed by atoms with Crippen molar-refractivity contribution in [2.75, 3.05) is 32.7 Å². The Labute approximate surface area is 134 Å². The first-order valence-corrected chi connectivity index (χ1v) is 8.47. The molecule has 1 amide bonds. The van der Waals surface area contributed by atoms with Gasteiger partial charge in [0.05, 0.1) is 0 Å². The van der Waals surface area contributed by atoms with Crippen LogP contribution in [-0.2, 0) is 4.79 Å². The largest absolute Gasteiger partial charge is 0.341 e. The zero-order valence-corrected chi connectivity index (χ0v) is 13.9. The predicted molar refractivity (Wildman–Crippen MR) is 90.5 cm³/mol. The average Bonchev–Trinajstić information content (AvgIpc) is 2.59. The van der Waals surface area contributed by atoms with Gasteiger partial charge in [-0.2, -0.15) is 0 Å². The lowest BCUT2D eigenvalue weighted by atomic mass is 9.95. The normalized spacial score (nSPS) is 17.7. The van der Waals surface area contributed by atoms with Gasteiger partial charge in [0.15, 0.2) is 0 Å². The highest BCUT2D eigenvalue weighted by molar-refractivity contribution is 5.83. The fraction of sp³-hybridized carbons (Fsp3) is 0.611. The minimum atomic E-state index is -0.527. The molecule has 4 heteroatoms. The van der Waals surface area contributed by atoms with Gasteiger partial charge in [0.2, 0.25) is 5.91 Å². The molecule has 1 heterocycles. The predicted octanol–water partition coefficient (Wildman–Crippen LogP) is 2.27. The van der Waals surface area contributed by atoms with Gasteiger partial charge in [-0.15, -0.1) is 0 Å². The van der Waals surface area contributed by atoms with Crippen molar-refractivity contribution in [3.8, 4) is 0 Å². The fourth-order valence-electron chi connectivity index (χ4n) is 3.18. The highest BCUT2D eigenvalue weighted by Crippen LogP contribution is 2.21. The average molecular weight is 303 g/mol. The molecule has 22 heavy (non-hydrogen) atoms. The number of benzene rings is 1. The summed E-state index contributed by atoms with van der Waals surface area (Å²) in [6, 6.07) is 9.13. The molecule has 0 aromatic heterocycles. The number of rotatable bonds is 6. The lowest BCUT2D eigenvalue weighted by Crippen LogP contribution is -2.45. The Morgan fingerprint density at radius 3 is 2.36 bits per heavy atom. The topological polar surface area (TPSA) is 49.6 Å². The van der Waals surface area contributed by atoms with Gasteiger partial charge in [-0.05, 0) is 37.4 Å². The van der Waals surface area contributed by atoms with Crippen molar-refractivity contribution in [1.82, 2.24) is 9.80 Å². The molecule has 1 saturated heterocycles. The number of piperidine rings is 1. The van der Waals surface area contributed by atoms with Crippen molar-refractivity contribution in [2.45, 2.75) is 32.7 Å². The molecular weight excluding hydrogens is 274 g/mol. The Bertz CT molecular complexity index is 451. The molecule has 0 radical (unpaired) electrons. The summed E-state index contributed by atoms with van der Waals surface area (Å²) in [4.78, 5) is 16.9. The molecule has 1 atom stereocenters. The van der Waals surface area contributed by atoms with E-state index in [0.717, 1.165) is 51.1 Å². The van der Waals surface area contributed by atoms with Gasteiger partial charge in [0.1, 0.15) is 6.04 Å². The summed E-state index contributed by atoms with van der Waals surface area (Å²) < 4.78 is 0. The second-order valence-electron chi connectivity index (χ2n) is 6.14. The van der Waals surface area contributed by atoms with E-state index in [1.165, 1.54) is 0 Å². The maximum absolute atomic E-state index is 12.5. The molecule has 0 spiro atoms. The van der Waals surface area contributed by atoms with Gasteiger partial charge >= 0.3 is 0 Å². The monoisotopic (exact) mass is 303 g/mol. The molecule has 2 N–H and O–H groups in total. The van der Waals surface area contributed by atoms with E-state index in [-0.39, 0.29) is 5.91 Å². The third-order valence-corrected chi connectivity index (χ3v) is 4.76. The van der Waals surface area contributed by atoms with Gasteiger partial charge in [-0.25, -0.2) is 0 Å². The van der Waals surface area contributed by atoms with E-state index in [4.69, 9.17) is 5.73 Å². The SMILES string of the molecule is CCN(CC)CC1CCN(C(=O)C(N)c2ccccc2)CC1. The van der Waals surface area contributed by atoms with E-state index in [9.17, 15) is 4.79 Å². The third-order valence-electron chi connectivity index (χ3n) is 4.76. The molecule has 0 bridgehead atoms. The number of nitrogens with two attached hydrogens (primary N) is 1. The molecule has 1 unspecified atom stereocenters. The molecule has 1 fully saturated rings. The minimum Gasteiger partial charge on any atom is -0.341 e. The van der Waals surface area contributed by atoms with Crippen LogP contribution in [0.1, 0.15) is 38.3 Å². The van der Waals surface area contributed by atoms with Crippen molar-refractivity contribution in [2.24, 2.45) is 11.7 Å². The molecule has 1 aromatic rings. The van der Waals surface area contributed by atoms with Crippen LogP contribution in [-0.4, -0.2) is 48.4 Å². The van der Waals surface area contributed by atoms with Gasteiger partial charge in [0, 0.05) is 19.6 Å². The van der Waals surface area contributed by atoms with Crippen molar-refractivity contribution in [1.29, 1.82) is 0 Å². The zero-order chi connectivity index (χ0) is 15.9. The van der Waals surface area contributed by atoms with E-state index in [2.05, 4.69) is 18.7 Å². The third kappa shape index (κ3) is 4.31. The lowest BCUT2D eigenvalue weighted by molar-refractivity contribution is -0.134. The number of carbonyl (C=O) groups is 1. The zero-order valence-electron chi connectivity index (χ0n) is 13.9. The first kappa shape index (κ1) is 17.0. The molecule has 1 aromatic carbocycles. The molecular formula is C18H29N3O. The Hall–Kier alpha value is -1.39. The maximum atomic E-state index is 12.5. The molecule has 0 saturated carbocycles. The second-order valence-corrected chi connectivity index (χ2v) is 6.14. The molecule has 2 rings (SSSR count). The molecule has 1 aliphatic heterocycles. The number of carbonyl (C=O) groups excluding carboxylic acids is 1. The van der Waals surface area contributed by atoms with E-state index in [1.807, 2.05) is 35.2 Å². The molecule has 0 aliphatic carbocycles. The highest BCUT2D eigenvalue weighted by Gasteiger charge is 2.27. The van der Waals surface area contributed by atoms with Crippen LogP contribution in [0.5, 0.6) is 0 Å². The van der Waals surface area contributed by atoms with Crippen molar-refractivity contribution in [3.05, 3.63) is 35.9 Å². The Morgan fingerprint density at radius 1 is 1.23 bits per heavy atom. The Kier molecular flexibility index (Phi) is 6.40. The summed E-state index contributed by atoms with van der Waals surface area (Å²) in [5.74, 6) is 0.768. The standard InChI is InChI=1S/C18H29N3O/c1-3-20(4-2)14-15-10-12-21(13-11-15)18(22)17(19)16-8-6-5-7-9-16/h5-9,15,17H,3-4,10-14,19H2,1-2H3. The van der Waals surface area contributed by atoms with Crippen LogP contribution in [0.15, 0.2) is 30.3 Å². The summed E-state index contributed by atoms with van der Waals surface area (Å²) in [6.07, 6.45) is 2.17. The lowest BCUT2D eigenvalue weighted by Gasteiger charge is -2.35. The summed E-state index contributed by atoms with van der Waals surface area (Å²) in [5.41, 5.74) is 7.03. The quantitative estimate of drug-likeness (QED) is 0.877. The number of likely N-dealkylation sites (tertiary alicyclic amines) is 1.